The van der Waals surface area contributed by atoms with Crippen LogP contribution < -0.4 is 15.6 Å². The molecular weight excluding hydrogens is 230 g/mol. The first-order chi connectivity index (χ1) is 8.72. The number of amides is 1. The molecule has 0 radical (unpaired) electrons. The molecule has 2 rings (SSSR count). The number of hydrogen-bond donors (Lipinski definition) is 1. The quantitative estimate of drug-likeness (QED) is 0.505. The molecule has 1 aromatic heterocycles. The summed E-state index contributed by atoms with van der Waals surface area (Å²) in [4.78, 5) is 16.0. The lowest BCUT2D eigenvalue weighted by Gasteiger charge is -2.16. The van der Waals surface area contributed by atoms with Crippen LogP contribution in [-0.4, -0.2) is 18.0 Å². The van der Waals surface area contributed by atoms with Crippen molar-refractivity contribution >= 4 is 11.6 Å². The summed E-state index contributed by atoms with van der Waals surface area (Å²) in [6.45, 7) is 0. The number of hydrazine groups is 1. The molecule has 0 bridgehead atoms. The SMILES string of the molecule is COc1cccc(N(N)C(=O)c2ccccn2)c1. The third kappa shape index (κ3) is 2.46. The van der Waals surface area contributed by atoms with Crippen molar-refractivity contribution in [1.82, 2.24) is 4.98 Å². The molecule has 1 heterocycles. The molecule has 5 heteroatoms. The van der Waals surface area contributed by atoms with Gasteiger partial charge in [-0.3, -0.25) is 9.78 Å². The Bertz CT molecular complexity index is 543. The van der Waals surface area contributed by atoms with E-state index in [0.29, 0.717) is 17.1 Å². The molecule has 2 aromatic rings. The second-order valence-corrected chi connectivity index (χ2v) is 3.59. The monoisotopic (exact) mass is 243 g/mol. The Morgan fingerprint density at radius 1 is 1.28 bits per heavy atom. The Labute approximate surface area is 105 Å². The standard InChI is InChI=1S/C13H13N3O2/c1-18-11-6-4-5-10(9-11)16(14)13(17)12-7-2-3-8-15-12/h2-9H,14H2,1H3. The Balaban J connectivity index is 2.25. The number of methoxy groups -OCH3 is 1. The molecule has 0 fully saturated rings. The lowest BCUT2D eigenvalue weighted by molar-refractivity contribution is 0.0982. The van der Waals surface area contributed by atoms with Gasteiger partial charge in [0.25, 0.3) is 5.91 Å². The predicted octanol–water partition coefficient (Wildman–Crippen LogP) is 1.61. The summed E-state index contributed by atoms with van der Waals surface area (Å²) in [7, 11) is 1.56. The van der Waals surface area contributed by atoms with Crippen molar-refractivity contribution in [3.05, 3.63) is 54.4 Å². The fourth-order valence-corrected chi connectivity index (χ4v) is 1.49. The van der Waals surface area contributed by atoms with Crippen LogP contribution in [0.25, 0.3) is 0 Å². The molecule has 5 nitrogen and oxygen atoms in total. The van der Waals surface area contributed by atoms with Gasteiger partial charge in [-0.25, -0.2) is 10.9 Å². The van der Waals surface area contributed by atoms with Crippen molar-refractivity contribution < 1.29 is 9.53 Å². The predicted molar refractivity (Wildman–Crippen MR) is 68.2 cm³/mol. The lowest BCUT2D eigenvalue weighted by Crippen LogP contribution is -2.37. The molecule has 1 aromatic carbocycles. The highest BCUT2D eigenvalue weighted by Gasteiger charge is 2.15. The van der Waals surface area contributed by atoms with Gasteiger partial charge in [0.15, 0.2) is 0 Å². The van der Waals surface area contributed by atoms with Crippen LogP contribution in [-0.2, 0) is 0 Å². The van der Waals surface area contributed by atoms with Crippen LogP contribution in [0.5, 0.6) is 5.75 Å². The van der Waals surface area contributed by atoms with Gasteiger partial charge in [0.1, 0.15) is 11.4 Å². The summed E-state index contributed by atoms with van der Waals surface area (Å²) in [6, 6.07) is 12.0. The molecule has 0 aliphatic carbocycles. The maximum atomic E-state index is 12.0. The van der Waals surface area contributed by atoms with E-state index >= 15 is 0 Å². The molecule has 92 valence electrons. The molecule has 2 N–H and O–H groups in total. The van der Waals surface area contributed by atoms with Crippen molar-refractivity contribution in [3.63, 3.8) is 0 Å². The number of nitrogens with zero attached hydrogens (tertiary/aromatic N) is 2. The maximum absolute atomic E-state index is 12.0. The fourth-order valence-electron chi connectivity index (χ4n) is 1.49. The minimum atomic E-state index is -0.371. The highest BCUT2D eigenvalue weighted by atomic mass is 16.5. The van der Waals surface area contributed by atoms with Crippen LogP contribution >= 0.6 is 0 Å². The first-order valence-corrected chi connectivity index (χ1v) is 5.36. The van der Waals surface area contributed by atoms with Gasteiger partial charge >= 0.3 is 0 Å². The Morgan fingerprint density at radius 3 is 2.78 bits per heavy atom. The fraction of sp³-hybridized carbons (Fsp3) is 0.0769. The molecule has 1 amide bonds. The summed E-state index contributed by atoms with van der Waals surface area (Å²) in [5, 5.41) is 1.05. The summed E-state index contributed by atoms with van der Waals surface area (Å²) in [6.07, 6.45) is 1.55. The van der Waals surface area contributed by atoms with Crippen molar-refractivity contribution in [1.29, 1.82) is 0 Å². The molecule has 0 saturated heterocycles. The number of benzene rings is 1. The first kappa shape index (κ1) is 12.1. The van der Waals surface area contributed by atoms with Gasteiger partial charge < -0.3 is 4.74 Å². The van der Waals surface area contributed by atoms with E-state index in [-0.39, 0.29) is 5.91 Å². The summed E-state index contributed by atoms with van der Waals surface area (Å²) in [5.74, 6) is 6.05. The topological polar surface area (TPSA) is 68.5 Å². The average Bonchev–Trinajstić information content (AvgIpc) is 2.46. The molecule has 0 unspecified atom stereocenters. The van der Waals surface area contributed by atoms with Crippen LogP contribution in [0.3, 0.4) is 0 Å². The van der Waals surface area contributed by atoms with Gasteiger partial charge in [-0.05, 0) is 24.3 Å². The second kappa shape index (κ2) is 5.29. The third-order valence-electron chi connectivity index (χ3n) is 2.43. The van der Waals surface area contributed by atoms with E-state index in [4.69, 9.17) is 10.6 Å². The molecule has 0 spiro atoms. The minimum absolute atomic E-state index is 0.294. The minimum Gasteiger partial charge on any atom is -0.497 e. The van der Waals surface area contributed by atoms with Gasteiger partial charge in [-0.15, -0.1) is 0 Å². The molecule has 0 aliphatic heterocycles. The molecule has 0 saturated carbocycles. The number of hydrogen-bond acceptors (Lipinski definition) is 4. The Kier molecular flexibility index (Phi) is 3.54. The Hall–Kier alpha value is -2.40. The van der Waals surface area contributed by atoms with Crippen molar-refractivity contribution in [2.45, 2.75) is 0 Å². The number of aromatic nitrogens is 1. The molecule has 0 atom stereocenters. The largest absolute Gasteiger partial charge is 0.497 e. The molecule has 18 heavy (non-hydrogen) atoms. The van der Waals surface area contributed by atoms with Crippen LogP contribution in [0, 0.1) is 0 Å². The van der Waals surface area contributed by atoms with Gasteiger partial charge in [0.05, 0.1) is 12.8 Å². The highest BCUT2D eigenvalue weighted by molar-refractivity contribution is 6.03. The zero-order valence-electron chi connectivity index (χ0n) is 9.91. The number of pyridine rings is 1. The van der Waals surface area contributed by atoms with Crippen molar-refractivity contribution in [2.24, 2.45) is 5.84 Å². The number of nitrogens with two attached hydrogens (primary N) is 1. The van der Waals surface area contributed by atoms with Gasteiger partial charge in [0.2, 0.25) is 0 Å². The zero-order valence-corrected chi connectivity index (χ0v) is 9.91. The Morgan fingerprint density at radius 2 is 2.11 bits per heavy atom. The third-order valence-corrected chi connectivity index (χ3v) is 2.43. The van der Waals surface area contributed by atoms with Gasteiger partial charge in [-0.1, -0.05) is 12.1 Å². The van der Waals surface area contributed by atoms with E-state index in [9.17, 15) is 4.79 Å². The van der Waals surface area contributed by atoms with Gasteiger partial charge in [0, 0.05) is 12.3 Å². The number of anilines is 1. The normalized spacial score (nSPS) is 9.89. The summed E-state index contributed by atoms with van der Waals surface area (Å²) < 4.78 is 5.08. The summed E-state index contributed by atoms with van der Waals surface area (Å²) >= 11 is 0. The van der Waals surface area contributed by atoms with Crippen LogP contribution in [0.4, 0.5) is 5.69 Å². The van der Waals surface area contributed by atoms with E-state index < -0.39 is 0 Å². The smallest absolute Gasteiger partial charge is 0.291 e. The van der Waals surface area contributed by atoms with E-state index in [1.54, 1.807) is 55.8 Å². The van der Waals surface area contributed by atoms with Gasteiger partial charge in [-0.2, -0.15) is 0 Å². The zero-order chi connectivity index (χ0) is 13.0. The average molecular weight is 243 g/mol. The second-order valence-electron chi connectivity index (χ2n) is 3.59. The van der Waals surface area contributed by atoms with Crippen molar-refractivity contribution in [2.75, 3.05) is 12.1 Å². The number of ether oxygens (including phenoxy) is 1. The molecule has 0 aliphatic rings. The van der Waals surface area contributed by atoms with Crippen LogP contribution in [0.2, 0.25) is 0 Å². The van der Waals surface area contributed by atoms with Crippen molar-refractivity contribution in [3.8, 4) is 5.75 Å². The van der Waals surface area contributed by atoms with Crippen LogP contribution in [0.1, 0.15) is 10.5 Å². The lowest BCUT2D eigenvalue weighted by atomic mass is 10.2. The van der Waals surface area contributed by atoms with Crippen LogP contribution in [0.15, 0.2) is 48.7 Å². The molecular formula is C13H13N3O2. The first-order valence-electron chi connectivity index (χ1n) is 5.36. The van der Waals surface area contributed by atoms with E-state index in [1.807, 2.05) is 0 Å². The number of carbonyl (C=O) groups excluding carboxylic acids is 1. The van der Waals surface area contributed by atoms with E-state index in [0.717, 1.165) is 5.01 Å². The number of carbonyl (C=O) groups is 1. The van der Waals surface area contributed by atoms with E-state index in [2.05, 4.69) is 4.98 Å². The number of rotatable bonds is 3. The maximum Gasteiger partial charge on any atom is 0.291 e. The van der Waals surface area contributed by atoms with E-state index in [1.165, 1.54) is 0 Å². The summed E-state index contributed by atoms with van der Waals surface area (Å²) in [5.41, 5.74) is 0.841. The highest BCUT2D eigenvalue weighted by Crippen LogP contribution is 2.19.